The van der Waals surface area contributed by atoms with E-state index >= 15 is 0 Å². The van der Waals surface area contributed by atoms with Gasteiger partial charge in [-0.1, -0.05) is 13.0 Å². The zero-order valence-electron chi connectivity index (χ0n) is 22.9. The number of piperidine rings is 1. The van der Waals surface area contributed by atoms with E-state index in [-0.39, 0.29) is 29.6 Å². The van der Waals surface area contributed by atoms with E-state index in [1.807, 2.05) is 19.1 Å². The number of aliphatic hydroxyl groups excluding tert-OH is 2. The van der Waals surface area contributed by atoms with Gasteiger partial charge in [-0.3, -0.25) is 9.79 Å². The smallest absolute Gasteiger partial charge is 0.302 e. The van der Waals surface area contributed by atoms with Crippen LogP contribution in [0.25, 0.3) is 0 Å². The van der Waals surface area contributed by atoms with Crippen molar-refractivity contribution < 1.29 is 29.6 Å². The number of phenolic OH excluding ortho intramolecular Hbond substituents is 1. The van der Waals surface area contributed by atoms with Crippen LogP contribution >= 0.6 is 0 Å². The number of guanidine groups is 1. The Hall–Kier alpha value is -2.56. The number of hydrogen-bond acceptors (Lipinski definition) is 8. The molecule has 0 unspecified atom stereocenters. The molecular formula is C28H46N4O6. The molecule has 0 spiro atoms. The summed E-state index contributed by atoms with van der Waals surface area (Å²) in [5.41, 5.74) is 6.74. The monoisotopic (exact) mass is 534 g/mol. The number of carbonyl (C=O) groups excluding carboxylic acids is 1. The number of carbonyl (C=O) groups is 1. The normalized spacial score (nSPS) is 26.4. The van der Waals surface area contributed by atoms with Crippen LogP contribution in [0.15, 0.2) is 23.2 Å². The van der Waals surface area contributed by atoms with Crippen LogP contribution in [0.5, 0.6) is 11.5 Å². The van der Waals surface area contributed by atoms with Gasteiger partial charge in [0.1, 0.15) is 12.2 Å². The Morgan fingerprint density at radius 1 is 1.29 bits per heavy atom. The van der Waals surface area contributed by atoms with E-state index < -0.39 is 24.3 Å². The zero-order valence-corrected chi connectivity index (χ0v) is 22.9. The average Bonchev–Trinajstić information content (AvgIpc) is 2.89. The number of phenols is 1. The Bertz CT molecular complexity index is 923. The highest BCUT2D eigenvalue weighted by Crippen LogP contribution is 2.37. The van der Waals surface area contributed by atoms with Gasteiger partial charge in [-0.2, -0.15) is 0 Å². The molecule has 10 heteroatoms. The second-order valence-electron chi connectivity index (χ2n) is 10.9. The van der Waals surface area contributed by atoms with Gasteiger partial charge in [0.2, 0.25) is 0 Å². The number of nitrogens with zero attached hydrogens (tertiary/aromatic N) is 1. The first kappa shape index (κ1) is 30.0. The lowest BCUT2D eigenvalue weighted by Gasteiger charge is -2.40. The van der Waals surface area contributed by atoms with Crippen molar-refractivity contribution in [3.63, 3.8) is 0 Å². The molecule has 0 radical (unpaired) electrons. The van der Waals surface area contributed by atoms with Crippen molar-refractivity contribution in [2.45, 2.75) is 83.2 Å². The molecule has 1 saturated heterocycles. The lowest BCUT2D eigenvalue weighted by atomic mass is 9.70. The summed E-state index contributed by atoms with van der Waals surface area (Å²) in [6.45, 7) is 5.75. The topological polar surface area (TPSA) is 159 Å². The van der Waals surface area contributed by atoms with Crippen molar-refractivity contribution in [3.8, 4) is 11.5 Å². The molecule has 1 aliphatic heterocycles. The van der Waals surface area contributed by atoms with Crippen LogP contribution in [0, 0.1) is 17.8 Å². The predicted octanol–water partition coefficient (Wildman–Crippen LogP) is 1.70. The number of nitrogens with one attached hydrogen (secondary N) is 2. The third kappa shape index (κ3) is 9.03. The Morgan fingerprint density at radius 3 is 2.71 bits per heavy atom. The van der Waals surface area contributed by atoms with Crippen molar-refractivity contribution in [2.75, 3.05) is 26.7 Å². The molecule has 1 aromatic rings. The van der Waals surface area contributed by atoms with Gasteiger partial charge in [0.15, 0.2) is 17.5 Å². The third-order valence-electron chi connectivity index (χ3n) is 8.03. The molecule has 0 amide bonds. The number of hydrogen-bond donors (Lipinski definition) is 6. The molecule has 1 aliphatic carbocycles. The number of rotatable bonds is 11. The van der Waals surface area contributed by atoms with Gasteiger partial charge in [0.25, 0.3) is 0 Å². The fourth-order valence-corrected chi connectivity index (χ4v) is 5.59. The number of esters is 1. The van der Waals surface area contributed by atoms with Crippen molar-refractivity contribution in [1.82, 2.24) is 10.6 Å². The van der Waals surface area contributed by atoms with Gasteiger partial charge in [-0.05, 0) is 87.1 Å². The quantitative estimate of drug-likeness (QED) is 0.141. The van der Waals surface area contributed by atoms with Crippen LogP contribution in [-0.2, 0) is 16.0 Å². The molecule has 6 atom stereocenters. The largest absolute Gasteiger partial charge is 0.504 e. The van der Waals surface area contributed by atoms with Gasteiger partial charge in [0, 0.05) is 26.9 Å². The second kappa shape index (κ2) is 14.6. The van der Waals surface area contributed by atoms with Crippen LogP contribution in [0.2, 0.25) is 0 Å². The lowest BCUT2D eigenvalue weighted by Crippen LogP contribution is -2.45. The Morgan fingerprint density at radius 2 is 2.03 bits per heavy atom. The molecule has 0 aromatic heterocycles. The van der Waals surface area contributed by atoms with E-state index in [2.05, 4.69) is 15.6 Å². The first-order valence-corrected chi connectivity index (χ1v) is 13.8. The van der Waals surface area contributed by atoms with Gasteiger partial charge >= 0.3 is 5.97 Å². The summed E-state index contributed by atoms with van der Waals surface area (Å²) < 4.78 is 11.6. The summed E-state index contributed by atoms with van der Waals surface area (Å²) in [5.74, 6) is 0.610. The SMILES string of the molecule is CN=C(N)NC[C@H]1C[C@H]([C@H](O)C[C@@H](CCc2ccc(O)c(OC3CCNCC3)c2)OC(C)=O)C[C@H](O)[C@H]1C. The summed E-state index contributed by atoms with van der Waals surface area (Å²) >= 11 is 0. The fourth-order valence-electron chi connectivity index (χ4n) is 5.59. The third-order valence-corrected chi connectivity index (χ3v) is 8.03. The minimum absolute atomic E-state index is 0.0654. The van der Waals surface area contributed by atoms with Crippen molar-refractivity contribution in [1.29, 1.82) is 0 Å². The number of benzene rings is 1. The minimum Gasteiger partial charge on any atom is -0.504 e. The van der Waals surface area contributed by atoms with E-state index in [4.69, 9.17) is 15.2 Å². The van der Waals surface area contributed by atoms with Crippen LogP contribution in [0.3, 0.4) is 0 Å². The maximum Gasteiger partial charge on any atom is 0.302 e. The highest BCUT2D eigenvalue weighted by atomic mass is 16.5. The van der Waals surface area contributed by atoms with Gasteiger partial charge in [-0.25, -0.2) is 0 Å². The van der Waals surface area contributed by atoms with E-state index in [0.717, 1.165) is 37.9 Å². The predicted molar refractivity (Wildman–Crippen MR) is 146 cm³/mol. The van der Waals surface area contributed by atoms with Gasteiger partial charge in [0.05, 0.1) is 12.2 Å². The van der Waals surface area contributed by atoms with Crippen LogP contribution in [0.4, 0.5) is 0 Å². The summed E-state index contributed by atoms with van der Waals surface area (Å²) in [6, 6.07) is 5.32. The Labute approximate surface area is 226 Å². The Kier molecular flexibility index (Phi) is 11.5. The molecule has 10 nitrogen and oxygen atoms in total. The van der Waals surface area contributed by atoms with E-state index in [1.165, 1.54) is 6.92 Å². The molecule has 214 valence electrons. The van der Waals surface area contributed by atoms with Gasteiger partial charge in [-0.15, -0.1) is 0 Å². The van der Waals surface area contributed by atoms with Crippen molar-refractivity contribution in [3.05, 3.63) is 23.8 Å². The van der Waals surface area contributed by atoms with Crippen LogP contribution < -0.4 is 21.1 Å². The second-order valence-corrected chi connectivity index (χ2v) is 10.9. The molecule has 1 aromatic carbocycles. The first-order valence-electron chi connectivity index (χ1n) is 13.8. The standard InChI is InChI=1S/C28H46N4O6/c1-17-21(16-32-28(29)30-3)13-20(14-25(17)35)26(36)15-23(37-18(2)33)6-4-19-5-7-24(34)27(12-19)38-22-8-10-31-11-9-22/h5,7,12,17,20-23,25-26,31,34-36H,4,6,8-11,13-16H2,1-3H3,(H3,29,30,32)/t17-,20-,21+,23+,25-,26+/m0/s1. The number of aryl methyl sites for hydroxylation is 1. The fraction of sp³-hybridized carbons (Fsp3) is 0.714. The van der Waals surface area contributed by atoms with Crippen LogP contribution in [0.1, 0.15) is 57.9 Å². The van der Waals surface area contributed by atoms with Crippen LogP contribution in [-0.4, -0.2) is 78.3 Å². The first-order chi connectivity index (χ1) is 18.2. The lowest BCUT2D eigenvalue weighted by molar-refractivity contribution is -0.149. The summed E-state index contributed by atoms with van der Waals surface area (Å²) in [5, 5.41) is 38.5. The summed E-state index contributed by atoms with van der Waals surface area (Å²) in [4.78, 5) is 15.8. The number of nitrogens with two attached hydrogens (primary N) is 1. The van der Waals surface area contributed by atoms with Gasteiger partial charge < -0.3 is 41.2 Å². The number of aromatic hydroxyl groups is 1. The molecule has 2 aliphatic rings. The maximum absolute atomic E-state index is 11.8. The average molecular weight is 535 g/mol. The Balaban J connectivity index is 1.59. The number of aliphatic imine (C=N–C) groups is 1. The van der Waals surface area contributed by atoms with Crippen molar-refractivity contribution >= 4 is 11.9 Å². The highest BCUT2D eigenvalue weighted by Gasteiger charge is 2.38. The molecule has 1 saturated carbocycles. The molecule has 1 heterocycles. The molecule has 2 fully saturated rings. The zero-order chi connectivity index (χ0) is 27.7. The minimum atomic E-state index is -0.722. The number of ether oxygens (including phenoxy) is 2. The number of aliphatic hydroxyl groups is 2. The molecule has 38 heavy (non-hydrogen) atoms. The molecule has 7 N–H and O–H groups in total. The molecular weight excluding hydrogens is 488 g/mol. The van der Waals surface area contributed by atoms with Crippen molar-refractivity contribution in [2.24, 2.45) is 28.5 Å². The maximum atomic E-state index is 11.8. The summed E-state index contributed by atoms with van der Waals surface area (Å²) in [6.07, 6.45) is 2.76. The van der Waals surface area contributed by atoms with E-state index in [1.54, 1.807) is 13.1 Å². The van der Waals surface area contributed by atoms with E-state index in [9.17, 15) is 20.1 Å². The molecule has 0 bridgehead atoms. The summed E-state index contributed by atoms with van der Waals surface area (Å²) in [7, 11) is 1.61. The highest BCUT2D eigenvalue weighted by molar-refractivity contribution is 5.77. The molecule has 3 rings (SSSR count). The van der Waals surface area contributed by atoms with E-state index in [0.29, 0.717) is 43.9 Å².